The molecule has 0 saturated carbocycles. The number of nitrogens with zero attached hydrogens (tertiary/aromatic N) is 1. The minimum atomic E-state index is -0.501. The zero-order chi connectivity index (χ0) is 22.1. The van der Waals surface area contributed by atoms with E-state index in [9.17, 15) is 9.59 Å². The second-order valence-electron chi connectivity index (χ2n) is 7.05. The molecule has 1 N–H and O–H groups in total. The highest BCUT2D eigenvalue weighted by Gasteiger charge is 2.28. The lowest BCUT2D eigenvalue weighted by atomic mass is 10.1. The normalized spacial score (nSPS) is 11.8. The van der Waals surface area contributed by atoms with Gasteiger partial charge in [0.2, 0.25) is 11.8 Å². The molecule has 0 aliphatic rings. The maximum absolute atomic E-state index is 13.1. The summed E-state index contributed by atoms with van der Waals surface area (Å²) in [6.07, 6.45) is 0.553. The van der Waals surface area contributed by atoms with Gasteiger partial charge in [-0.05, 0) is 43.5 Å². The van der Waals surface area contributed by atoms with Gasteiger partial charge in [-0.15, -0.1) is 11.8 Å². The molecule has 0 aliphatic heterocycles. The number of thioether (sulfide) groups is 1. The highest BCUT2D eigenvalue weighted by atomic mass is 35.5. The van der Waals surface area contributed by atoms with Crippen molar-refractivity contribution in [1.82, 2.24) is 10.2 Å². The number of rotatable bonds is 10. The van der Waals surface area contributed by atoms with E-state index in [0.717, 1.165) is 16.7 Å². The fraction of sp³-hybridized carbons (Fsp3) is 0.391. The van der Waals surface area contributed by atoms with Crippen LogP contribution in [0.1, 0.15) is 37.0 Å². The van der Waals surface area contributed by atoms with E-state index in [-0.39, 0.29) is 17.6 Å². The van der Waals surface area contributed by atoms with Crippen molar-refractivity contribution >= 4 is 46.8 Å². The van der Waals surface area contributed by atoms with Crippen molar-refractivity contribution in [3.8, 4) is 0 Å². The summed E-state index contributed by atoms with van der Waals surface area (Å²) in [5.74, 6) is 0.675. The lowest BCUT2D eigenvalue weighted by Gasteiger charge is -2.30. The maximum atomic E-state index is 13.1. The first-order valence-corrected chi connectivity index (χ1v) is 11.9. The Bertz CT molecular complexity index is 859. The molecule has 4 nitrogen and oxygen atoms in total. The van der Waals surface area contributed by atoms with Crippen LogP contribution in [0.25, 0.3) is 0 Å². The molecule has 0 saturated heterocycles. The lowest BCUT2D eigenvalue weighted by Crippen LogP contribution is -2.49. The second kappa shape index (κ2) is 12.2. The third-order valence-electron chi connectivity index (χ3n) is 4.71. The Morgan fingerprint density at radius 1 is 1.10 bits per heavy atom. The molecule has 0 aliphatic carbocycles. The average Bonchev–Trinajstić information content (AvgIpc) is 2.71. The van der Waals surface area contributed by atoms with Crippen molar-refractivity contribution < 1.29 is 9.59 Å². The zero-order valence-corrected chi connectivity index (χ0v) is 19.9. The van der Waals surface area contributed by atoms with Crippen molar-refractivity contribution in [1.29, 1.82) is 0 Å². The number of amides is 2. The molecule has 0 bridgehead atoms. The van der Waals surface area contributed by atoms with Crippen molar-refractivity contribution in [3.05, 3.63) is 69.2 Å². The zero-order valence-electron chi connectivity index (χ0n) is 17.6. The van der Waals surface area contributed by atoms with Crippen LogP contribution in [-0.4, -0.2) is 35.1 Å². The molecule has 162 valence electrons. The Hall–Kier alpha value is -1.69. The molecule has 1 unspecified atom stereocenters. The number of halogens is 2. The van der Waals surface area contributed by atoms with E-state index < -0.39 is 6.04 Å². The van der Waals surface area contributed by atoms with Gasteiger partial charge in [-0.1, -0.05) is 66.0 Å². The van der Waals surface area contributed by atoms with E-state index in [4.69, 9.17) is 23.2 Å². The van der Waals surface area contributed by atoms with Gasteiger partial charge in [0.25, 0.3) is 0 Å². The topological polar surface area (TPSA) is 49.4 Å². The molecule has 1 atom stereocenters. The third-order valence-corrected chi connectivity index (χ3v) is 6.26. The summed E-state index contributed by atoms with van der Waals surface area (Å²) in [5.41, 5.74) is 3.09. The number of aryl methyl sites for hydroxylation is 1. The summed E-state index contributed by atoms with van der Waals surface area (Å²) in [4.78, 5) is 27.4. The molecule has 0 aromatic heterocycles. The monoisotopic (exact) mass is 466 g/mol. The van der Waals surface area contributed by atoms with Gasteiger partial charge in [0.1, 0.15) is 6.04 Å². The van der Waals surface area contributed by atoms with Crippen LogP contribution >= 0.6 is 35.0 Å². The number of hydrogen-bond acceptors (Lipinski definition) is 3. The Balaban J connectivity index is 2.11. The fourth-order valence-electron chi connectivity index (χ4n) is 3.07. The van der Waals surface area contributed by atoms with E-state index in [2.05, 4.69) is 5.32 Å². The van der Waals surface area contributed by atoms with Crippen LogP contribution in [0.5, 0.6) is 0 Å². The molecule has 7 heteroatoms. The summed E-state index contributed by atoms with van der Waals surface area (Å²) < 4.78 is 0. The van der Waals surface area contributed by atoms with Crippen LogP contribution < -0.4 is 5.32 Å². The van der Waals surface area contributed by atoms with Crippen LogP contribution in [0.15, 0.2) is 42.5 Å². The van der Waals surface area contributed by atoms with Gasteiger partial charge in [-0.25, -0.2) is 0 Å². The van der Waals surface area contributed by atoms with Gasteiger partial charge < -0.3 is 10.2 Å². The van der Waals surface area contributed by atoms with Crippen LogP contribution in [0.3, 0.4) is 0 Å². The third kappa shape index (κ3) is 7.22. The van der Waals surface area contributed by atoms with Crippen LogP contribution in [0.2, 0.25) is 10.0 Å². The van der Waals surface area contributed by atoms with Gasteiger partial charge in [-0.2, -0.15) is 0 Å². The number of carbonyl (C=O) groups is 2. The fourth-order valence-corrected chi connectivity index (χ4v) is 4.54. The van der Waals surface area contributed by atoms with E-state index in [1.54, 1.807) is 17.0 Å². The summed E-state index contributed by atoms with van der Waals surface area (Å²) in [6.45, 7) is 6.76. The van der Waals surface area contributed by atoms with Crippen molar-refractivity contribution in [2.24, 2.45) is 0 Å². The number of carbonyl (C=O) groups excluding carboxylic acids is 2. The standard InChI is InChI=1S/C23H28Cl2N2O2S/c1-4-21(23(29)26-5-2)27(13-17-8-6-16(3)7-9-17)22(28)15-30-14-18-10-11-19(24)12-20(18)25/h6-12,21H,4-5,13-15H2,1-3H3,(H,26,29). The quantitative estimate of drug-likeness (QED) is 0.504. The van der Waals surface area contributed by atoms with Gasteiger partial charge in [0.15, 0.2) is 0 Å². The Morgan fingerprint density at radius 3 is 2.40 bits per heavy atom. The van der Waals surface area contributed by atoms with Crippen molar-refractivity contribution in [2.75, 3.05) is 12.3 Å². The van der Waals surface area contributed by atoms with Gasteiger partial charge in [-0.3, -0.25) is 9.59 Å². The summed E-state index contributed by atoms with van der Waals surface area (Å²) in [6, 6.07) is 12.9. The average molecular weight is 467 g/mol. The highest BCUT2D eigenvalue weighted by molar-refractivity contribution is 7.99. The number of nitrogens with one attached hydrogen (secondary N) is 1. The van der Waals surface area contributed by atoms with Crippen molar-refractivity contribution in [3.63, 3.8) is 0 Å². The first kappa shape index (κ1) is 24.6. The lowest BCUT2D eigenvalue weighted by molar-refractivity contribution is -0.139. The van der Waals surface area contributed by atoms with Crippen LogP contribution in [0.4, 0.5) is 0 Å². The second-order valence-corrected chi connectivity index (χ2v) is 8.88. The summed E-state index contributed by atoms with van der Waals surface area (Å²) in [5, 5.41) is 4.03. The van der Waals surface area contributed by atoms with Gasteiger partial charge in [0, 0.05) is 28.9 Å². The van der Waals surface area contributed by atoms with Crippen molar-refractivity contribution in [2.45, 2.75) is 45.5 Å². The molecule has 2 aromatic rings. The molecule has 2 amide bonds. The molecule has 0 fully saturated rings. The SMILES string of the molecule is CCNC(=O)C(CC)N(Cc1ccc(C)cc1)C(=O)CSCc1ccc(Cl)cc1Cl. The molecule has 0 radical (unpaired) electrons. The molecule has 2 aromatic carbocycles. The maximum Gasteiger partial charge on any atom is 0.242 e. The predicted octanol–water partition coefficient (Wildman–Crippen LogP) is 5.48. The number of benzene rings is 2. The first-order chi connectivity index (χ1) is 14.3. The van der Waals surface area contributed by atoms with Crippen LogP contribution in [-0.2, 0) is 21.9 Å². The largest absolute Gasteiger partial charge is 0.355 e. The van der Waals surface area contributed by atoms with E-state index in [0.29, 0.717) is 35.3 Å². The van der Waals surface area contributed by atoms with E-state index in [1.807, 2.05) is 51.1 Å². The van der Waals surface area contributed by atoms with Gasteiger partial charge >= 0.3 is 0 Å². The van der Waals surface area contributed by atoms with Crippen LogP contribution in [0, 0.1) is 6.92 Å². The minimum absolute atomic E-state index is 0.0660. The molecule has 0 spiro atoms. The van der Waals surface area contributed by atoms with E-state index >= 15 is 0 Å². The smallest absolute Gasteiger partial charge is 0.242 e. The predicted molar refractivity (Wildman–Crippen MR) is 127 cm³/mol. The summed E-state index contributed by atoms with van der Waals surface area (Å²) in [7, 11) is 0. The molecule has 0 heterocycles. The molecular weight excluding hydrogens is 439 g/mol. The van der Waals surface area contributed by atoms with E-state index in [1.165, 1.54) is 11.8 Å². The number of hydrogen-bond donors (Lipinski definition) is 1. The highest BCUT2D eigenvalue weighted by Crippen LogP contribution is 2.25. The Morgan fingerprint density at radius 2 is 1.80 bits per heavy atom. The Labute approximate surface area is 193 Å². The van der Waals surface area contributed by atoms with Gasteiger partial charge in [0.05, 0.1) is 5.75 Å². The Kier molecular flexibility index (Phi) is 10.0. The minimum Gasteiger partial charge on any atom is -0.355 e. The molecular formula is C23H28Cl2N2O2S. The summed E-state index contributed by atoms with van der Waals surface area (Å²) >= 11 is 13.7. The molecule has 2 rings (SSSR count). The first-order valence-electron chi connectivity index (χ1n) is 10.00. The number of likely N-dealkylation sites (N-methyl/N-ethyl adjacent to an activating group) is 1. The molecule has 30 heavy (non-hydrogen) atoms.